The molecule has 0 unspecified atom stereocenters. The summed E-state index contributed by atoms with van der Waals surface area (Å²) >= 11 is 0. The fourth-order valence-corrected chi connectivity index (χ4v) is 3.03. The number of methoxy groups -OCH3 is 1. The summed E-state index contributed by atoms with van der Waals surface area (Å²) < 4.78 is 32.4. The Labute approximate surface area is 151 Å². The number of oxime groups is 1. The highest BCUT2D eigenvalue weighted by Gasteiger charge is 2.14. The fourth-order valence-electron chi connectivity index (χ4n) is 2.02. The van der Waals surface area contributed by atoms with E-state index in [2.05, 4.69) is 14.7 Å². The monoisotopic (exact) mass is 377 g/mol. The van der Waals surface area contributed by atoms with Crippen molar-refractivity contribution in [2.75, 3.05) is 7.11 Å². The molecule has 0 aliphatic rings. The van der Waals surface area contributed by atoms with E-state index < -0.39 is 16.0 Å². The van der Waals surface area contributed by atoms with Crippen LogP contribution in [0.2, 0.25) is 0 Å². The van der Waals surface area contributed by atoms with Gasteiger partial charge >= 0.3 is 5.97 Å². The highest BCUT2D eigenvalue weighted by Crippen LogP contribution is 2.14. The number of amidine groups is 1. The minimum atomic E-state index is -3.70. The first kappa shape index (κ1) is 19.4. The molecule has 2 aromatic rings. The number of rotatable bonds is 7. The van der Waals surface area contributed by atoms with E-state index in [1.54, 1.807) is 31.4 Å². The molecular formula is C17H19N3O5S. The van der Waals surface area contributed by atoms with Crippen molar-refractivity contribution in [3.05, 3.63) is 59.7 Å². The zero-order chi connectivity index (χ0) is 19.2. The molecule has 0 fully saturated rings. The van der Waals surface area contributed by atoms with Gasteiger partial charge in [-0.2, -0.15) is 0 Å². The molecule has 3 N–H and O–H groups in total. The molecule has 0 amide bonds. The number of ether oxygens (including phenoxy) is 1. The normalized spacial score (nSPS) is 11.8. The number of hydrogen-bond donors (Lipinski definition) is 2. The van der Waals surface area contributed by atoms with Gasteiger partial charge in [0.1, 0.15) is 5.75 Å². The maximum Gasteiger partial charge on any atom is 0.332 e. The Morgan fingerprint density at radius 2 is 1.88 bits per heavy atom. The lowest BCUT2D eigenvalue weighted by atomic mass is 10.2. The maximum absolute atomic E-state index is 12.4. The van der Waals surface area contributed by atoms with E-state index >= 15 is 0 Å². The van der Waals surface area contributed by atoms with Crippen molar-refractivity contribution in [2.45, 2.75) is 18.4 Å². The lowest BCUT2D eigenvalue weighted by Gasteiger charge is -2.09. The number of nitrogens with one attached hydrogen (secondary N) is 1. The molecule has 0 saturated heterocycles. The highest BCUT2D eigenvalue weighted by molar-refractivity contribution is 7.89. The van der Waals surface area contributed by atoms with E-state index in [0.29, 0.717) is 11.3 Å². The number of hydrogen-bond acceptors (Lipinski definition) is 6. The third-order valence-electron chi connectivity index (χ3n) is 3.33. The van der Waals surface area contributed by atoms with Crippen LogP contribution in [0.5, 0.6) is 5.75 Å². The minimum Gasteiger partial charge on any atom is -0.497 e. The van der Waals surface area contributed by atoms with Crippen LogP contribution in [0.4, 0.5) is 0 Å². The SMILES string of the molecule is COc1cccc(CNS(=O)(=O)c2ccc(/C(N)=N/OC(C)=O)cc2)c1. The summed E-state index contributed by atoms with van der Waals surface area (Å²) in [6.07, 6.45) is 0. The summed E-state index contributed by atoms with van der Waals surface area (Å²) in [5.74, 6) is 0.0102. The van der Waals surface area contributed by atoms with Crippen molar-refractivity contribution >= 4 is 21.8 Å². The largest absolute Gasteiger partial charge is 0.497 e. The van der Waals surface area contributed by atoms with Crippen molar-refractivity contribution in [2.24, 2.45) is 10.9 Å². The third kappa shape index (κ3) is 5.30. The number of carbonyl (C=O) groups is 1. The number of carbonyl (C=O) groups excluding carboxylic acids is 1. The summed E-state index contributed by atoms with van der Waals surface area (Å²) in [6, 6.07) is 12.8. The Bertz CT molecular complexity index is 908. The first-order chi connectivity index (χ1) is 12.3. The predicted octanol–water partition coefficient (Wildman–Crippen LogP) is 1.36. The molecule has 0 aliphatic heterocycles. The quantitative estimate of drug-likeness (QED) is 0.325. The van der Waals surface area contributed by atoms with Crippen LogP contribution in [-0.4, -0.2) is 27.3 Å². The van der Waals surface area contributed by atoms with Gasteiger partial charge in [0.05, 0.1) is 12.0 Å². The standard InChI is InChI=1S/C17H19N3O5S/c1-12(21)25-20-17(18)14-6-8-16(9-7-14)26(22,23)19-11-13-4-3-5-15(10-13)24-2/h3-10,19H,11H2,1-2H3,(H2,18,20). The average molecular weight is 377 g/mol. The number of nitrogens with two attached hydrogens (primary N) is 1. The second-order valence-electron chi connectivity index (χ2n) is 5.26. The molecule has 0 heterocycles. The minimum absolute atomic E-state index is 0.0338. The van der Waals surface area contributed by atoms with Crippen molar-refractivity contribution in [3.63, 3.8) is 0 Å². The molecule has 0 spiro atoms. The maximum atomic E-state index is 12.4. The summed E-state index contributed by atoms with van der Waals surface area (Å²) in [4.78, 5) is 15.2. The average Bonchev–Trinajstić information content (AvgIpc) is 2.64. The van der Waals surface area contributed by atoms with Gasteiger partial charge in [-0.05, 0) is 42.0 Å². The molecule has 0 radical (unpaired) electrons. The first-order valence-corrected chi connectivity index (χ1v) is 9.04. The van der Waals surface area contributed by atoms with Crippen LogP contribution >= 0.6 is 0 Å². The topological polar surface area (TPSA) is 120 Å². The second kappa shape index (κ2) is 8.45. The Morgan fingerprint density at radius 3 is 2.50 bits per heavy atom. The zero-order valence-corrected chi connectivity index (χ0v) is 15.1. The molecule has 0 aromatic heterocycles. The first-order valence-electron chi connectivity index (χ1n) is 7.56. The Morgan fingerprint density at radius 1 is 1.19 bits per heavy atom. The lowest BCUT2D eigenvalue weighted by molar-refractivity contribution is -0.140. The van der Waals surface area contributed by atoms with Gasteiger partial charge in [0.2, 0.25) is 10.0 Å². The summed E-state index contributed by atoms with van der Waals surface area (Å²) in [7, 11) is -2.16. The molecule has 0 saturated carbocycles. The third-order valence-corrected chi connectivity index (χ3v) is 4.75. The van der Waals surface area contributed by atoms with Gasteiger partial charge in [-0.25, -0.2) is 17.9 Å². The van der Waals surface area contributed by atoms with Gasteiger partial charge in [0.25, 0.3) is 0 Å². The molecule has 0 bridgehead atoms. The second-order valence-corrected chi connectivity index (χ2v) is 7.03. The molecule has 0 atom stereocenters. The number of benzene rings is 2. The Balaban J connectivity index is 2.09. The van der Waals surface area contributed by atoms with Crippen molar-refractivity contribution < 1.29 is 22.8 Å². The van der Waals surface area contributed by atoms with E-state index in [9.17, 15) is 13.2 Å². The molecule has 9 heteroatoms. The van der Waals surface area contributed by atoms with Crippen molar-refractivity contribution in [1.82, 2.24) is 4.72 Å². The fraction of sp³-hybridized carbons (Fsp3) is 0.176. The van der Waals surface area contributed by atoms with E-state index in [1.165, 1.54) is 31.2 Å². The van der Waals surface area contributed by atoms with Crippen LogP contribution in [0.1, 0.15) is 18.1 Å². The van der Waals surface area contributed by atoms with Crippen molar-refractivity contribution in [1.29, 1.82) is 0 Å². The van der Waals surface area contributed by atoms with E-state index in [1.807, 2.05) is 0 Å². The van der Waals surface area contributed by atoms with Crippen LogP contribution in [0.15, 0.2) is 58.6 Å². The van der Waals surface area contributed by atoms with Crippen LogP contribution in [0, 0.1) is 0 Å². The highest BCUT2D eigenvalue weighted by atomic mass is 32.2. The van der Waals surface area contributed by atoms with Gasteiger partial charge in [-0.3, -0.25) is 0 Å². The predicted molar refractivity (Wildman–Crippen MR) is 96.0 cm³/mol. The van der Waals surface area contributed by atoms with Crippen LogP contribution < -0.4 is 15.2 Å². The number of sulfonamides is 1. The molecule has 138 valence electrons. The molecule has 8 nitrogen and oxygen atoms in total. The van der Waals surface area contributed by atoms with E-state index in [0.717, 1.165) is 5.56 Å². The van der Waals surface area contributed by atoms with E-state index in [4.69, 9.17) is 10.5 Å². The number of nitrogens with zero attached hydrogens (tertiary/aromatic N) is 1. The molecule has 2 aromatic carbocycles. The molecule has 26 heavy (non-hydrogen) atoms. The lowest BCUT2D eigenvalue weighted by Crippen LogP contribution is -2.23. The van der Waals surface area contributed by atoms with Crippen LogP contribution in [-0.2, 0) is 26.2 Å². The van der Waals surface area contributed by atoms with Crippen LogP contribution in [0.25, 0.3) is 0 Å². The smallest absolute Gasteiger partial charge is 0.332 e. The van der Waals surface area contributed by atoms with Gasteiger partial charge in [0, 0.05) is 19.0 Å². The van der Waals surface area contributed by atoms with Crippen molar-refractivity contribution in [3.8, 4) is 5.75 Å². The van der Waals surface area contributed by atoms with E-state index in [-0.39, 0.29) is 17.3 Å². The Hall–Kier alpha value is -2.91. The summed E-state index contributed by atoms with van der Waals surface area (Å²) in [5, 5.41) is 3.45. The molecular weight excluding hydrogens is 358 g/mol. The molecule has 2 rings (SSSR count). The summed E-state index contributed by atoms with van der Waals surface area (Å²) in [5.41, 5.74) is 6.86. The molecule has 0 aliphatic carbocycles. The van der Waals surface area contributed by atoms with Gasteiger partial charge < -0.3 is 15.3 Å². The zero-order valence-electron chi connectivity index (χ0n) is 14.3. The Kier molecular flexibility index (Phi) is 6.31. The van der Waals surface area contributed by atoms with Gasteiger partial charge in [-0.1, -0.05) is 17.3 Å². The van der Waals surface area contributed by atoms with Gasteiger partial charge in [0.15, 0.2) is 5.84 Å². The summed E-state index contributed by atoms with van der Waals surface area (Å²) in [6.45, 7) is 1.32. The van der Waals surface area contributed by atoms with Gasteiger partial charge in [-0.15, -0.1) is 0 Å². The van der Waals surface area contributed by atoms with Crippen LogP contribution in [0.3, 0.4) is 0 Å².